The standard InChI is InChI=1S/C21H21F3O5/c1-12(2)28-17(10-19(25)26)13-6-8-14(9-7-13)29-18-11-27-20-15(18)4-3-5-16(20)21(22,23)24/h3-9,12,17-18H,10-11H2,1-2H3,(H,25,26)/t17-,18+/m0/s1. The molecule has 8 heteroatoms. The predicted molar refractivity (Wildman–Crippen MR) is 98.0 cm³/mol. The third-order valence-electron chi connectivity index (χ3n) is 4.40. The molecule has 0 spiro atoms. The molecule has 0 saturated heterocycles. The lowest BCUT2D eigenvalue weighted by atomic mass is 10.1. The van der Waals surface area contributed by atoms with Gasteiger partial charge in [0.25, 0.3) is 0 Å². The number of carbonyl (C=O) groups is 1. The Balaban J connectivity index is 1.76. The summed E-state index contributed by atoms with van der Waals surface area (Å²) in [6.45, 7) is 3.61. The Morgan fingerprint density at radius 1 is 1.21 bits per heavy atom. The molecule has 0 unspecified atom stereocenters. The van der Waals surface area contributed by atoms with Gasteiger partial charge < -0.3 is 19.3 Å². The molecule has 1 aliphatic rings. The van der Waals surface area contributed by atoms with Gasteiger partial charge in [0.1, 0.15) is 18.1 Å². The first-order valence-electron chi connectivity index (χ1n) is 9.12. The van der Waals surface area contributed by atoms with Crippen LogP contribution in [0.5, 0.6) is 11.5 Å². The number of hydrogen-bond acceptors (Lipinski definition) is 4. The van der Waals surface area contributed by atoms with Gasteiger partial charge >= 0.3 is 12.1 Å². The maximum Gasteiger partial charge on any atom is 0.419 e. The topological polar surface area (TPSA) is 65.0 Å². The van der Waals surface area contributed by atoms with Crippen LogP contribution in [0, 0.1) is 0 Å². The number of aliphatic carboxylic acids is 1. The first-order valence-corrected chi connectivity index (χ1v) is 9.12. The molecule has 2 atom stereocenters. The van der Waals surface area contributed by atoms with Crippen LogP contribution >= 0.6 is 0 Å². The third-order valence-corrected chi connectivity index (χ3v) is 4.40. The number of rotatable bonds is 7. The molecule has 5 nitrogen and oxygen atoms in total. The van der Waals surface area contributed by atoms with E-state index < -0.39 is 29.9 Å². The summed E-state index contributed by atoms with van der Waals surface area (Å²) in [5.74, 6) is -0.740. The Hall–Kier alpha value is -2.74. The van der Waals surface area contributed by atoms with Crippen LogP contribution in [-0.2, 0) is 15.7 Å². The fraction of sp³-hybridized carbons (Fsp3) is 0.381. The summed E-state index contributed by atoms with van der Waals surface area (Å²) < 4.78 is 56.1. The molecule has 0 radical (unpaired) electrons. The van der Waals surface area contributed by atoms with Crippen molar-refractivity contribution in [3.63, 3.8) is 0 Å². The highest BCUT2D eigenvalue weighted by molar-refractivity contribution is 5.67. The Kier molecular flexibility index (Phi) is 6.02. The van der Waals surface area contributed by atoms with E-state index in [2.05, 4.69) is 0 Å². The molecule has 0 aliphatic carbocycles. The first kappa shape index (κ1) is 21.0. The van der Waals surface area contributed by atoms with E-state index in [1.54, 1.807) is 30.3 Å². The molecule has 0 aromatic heterocycles. The molecule has 2 aromatic carbocycles. The van der Waals surface area contributed by atoms with Crippen molar-refractivity contribution < 1.29 is 37.3 Å². The van der Waals surface area contributed by atoms with Crippen molar-refractivity contribution in [2.75, 3.05) is 6.61 Å². The highest BCUT2D eigenvalue weighted by Gasteiger charge is 2.39. The van der Waals surface area contributed by atoms with Crippen molar-refractivity contribution in [1.82, 2.24) is 0 Å². The van der Waals surface area contributed by atoms with Crippen molar-refractivity contribution in [3.05, 3.63) is 59.2 Å². The van der Waals surface area contributed by atoms with Crippen LogP contribution in [0.1, 0.15) is 49.2 Å². The Morgan fingerprint density at radius 3 is 2.48 bits per heavy atom. The van der Waals surface area contributed by atoms with Gasteiger partial charge in [0.05, 0.1) is 24.2 Å². The number of benzene rings is 2. The maximum atomic E-state index is 13.1. The van der Waals surface area contributed by atoms with E-state index in [1.807, 2.05) is 13.8 Å². The average Bonchev–Trinajstić information content (AvgIpc) is 3.03. The van der Waals surface area contributed by atoms with Crippen molar-refractivity contribution in [1.29, 1.82) is 0 Å². The maximum absolute atomic E-state index is 13.1. The largest absolute Gasteiger partial charge is 0.488 e. The fourth-order valence-electron chi connectivity index (χ4n) is 3.20. The fourth-order valence-corrected chi connectivity index (χ4v) is 3.20. The minimum absolute atomic E-state index is 0.0255. The molecule has 0 amide bonds. The van der Waals surface area contributed by atoms with Gasteiger partial charge in [-0.15, -0.1) is 0 Å². The SMILES string of the molecule is CC(C)O[C@@H](CC(=O)O)c1ccc(O[C@@H]2COc3c2cccc3C(F)(F)F)cc1. The Morgan fingerprint density at radius 2 is 1.90 bits per heavy atom. The van der Waals surface area contributed by atoms with Crippen molar-refractivity contribution >= 4 is 5.97 Å². The monoisotopic (exact) mass is 410 g/mol. The summed E-state index contributed by atoms with van der Waals surface area (Å²) in [6, 6.07) is 10.5. The van der Waals surface area contributed by atoms with Gasteiger partial charge in [-0.25, -0.2) is 0 Å². The number of fused-ring (bicyclic) bond motifs is 1. The minimum Gasteiger partial charge on any atom is -0.488 e. The number of halogens is 3. The molecule has 0 saturated carbocycles. The number of para-hydroxylation sites is 1. The molecule has 1 N–H and O–H groups in total. The normalized spacial score (nSPS) is 17.0. The quantitative estimate of drug-likeness (QED) is 0.683. The van der Waals surface area contributed by atoms with Gasteiger partial charge in [-0.05, 0) is 37.6 Å². The Bertz CT molecular complexity index is 862. The number of carboxylic acid groups (broad SMARTS) is 1. The number of ether oxygens (including phenoxy) is 3. The molecular weight excluding hydrogens is 389 g/mol. The summed E-state index contributed by atoms with van der Waals surface area (Å²) in [5, 5.41) is 9.08. The molecule has 2 aromatic rings. The predicted octanol–water partition coefficient (Wildman–Crippen LogP) is 5.16. The van der Waals surface area contributed by atoms with Gasteiger partial charge in [0, 0.05) is 5.56 Å². The number of alkyl halides is 3. The van der Waals surface area contributed by atoms with Crippen molar-refractivity contribution in [3.8, 4) is 11.5 Å². The van der Waals surface area contributed by atoms with E-state index in [0.717, 1.165) is 6.07 Å². The van der Waals surface area contributed by atoms with Crippen LogP contribution in [0.2, 0.25) is 0 Å². The van der Waals surface area contributed by atoms with Crippen LogP contribution in [-0.4, -0.2) is 23.8 Å². The highest BCUT2D eigenvalue weighted by Crippen LogP contribution is 2.44. The lowest BCUT2D eigenvalue weighted by Crippen LogP contribution is -2.14. The summed E-state index contributed by atoms with van der Waals surface area (Å²) in [6.07, 6.45) is -6.10. The second-order valence-corrected chi connectivity index (χ2v) is 6.98. The molecule has 0 fully saturated rings. The van der Waals surface area contributed by atoms with Crippen LogP contribution in [0.15, 0.2) is 42.5 Å². The van der Waals surface area contributed by atoms with Crippen molar-refractivity contribution in [2.45, 2.75) is 44.8 Å². The zero-order chi connectivity index (χ0) is 21.2. The number of hydrogen-bond donors (Lipinski definition) is 1. The van der Waals surface area contributed by atoms with Crippen LogP contribution in [0.3, 0.4) is 0 Å². The molecular formula is C21H21F3O5. The van der Waals surface area contributed by atoms with E-state index in [4.69, 9.17) is 19.3 Å². The summed E-state index contributed by atoms with van der Waals surface area (Å²) in [7, 11) is 0. The molecule has 156 valence electrons. The zero-order valence-corrected chi connectivity index (χ0v) is 15.9. The van der Waals surface area contributed by atoms with Gasteiger partial charge in [0.2, 0.25) is 0 Å². The lowest BCUT2D eigenvalue weighted by molar-refractivity contribution is -0.141. The Labute approximate surface area is 166 Å². The van der Waals surface area contributed by atoms with Crippen LogP contribution < -0.4 is 9.47 Å². The molecule has 29 heavy (non-hydrogen) atoms. The summed E-state index contributed by atoms with van der Waals surface area (Å²) >= 11 is 0. The summed E-state index contributed by atoms with van der Waals surface area (Å²) in [5.41, 5.74) is 0.200. The third kappa shape index (κ3) is 5.00. The van der Waals surface area contributed by atoms with Crippen LogP contribution in [0.4, 0.5) is 13.2 Å². The molecule has 3 rings (SSSR count). The second-order valence-electron chi connectivity index (χ2n) is 6.98. The van der Waals surface area contributed by atoms with Crippen molar-refractivity contribution in [2.24, 2.45) is 0 Å². The highest BCUT2D eigenvalue weighted by atomic mass is 19.4. The average molecular weight is 410 g/mol. The van der Waals surface area contributed by atoms with Gasteiger partial charge in [-0.2, -0.15) is 13.2 Å². The van der Waals surface area contributed by atoms with Gasteiger partial charge in [0.15, 0.2) is 6.10 Å². The zero-order valence-electron chi connectivity index (χ0n) is 15.9. The minimum atomic E-state index is -4.50. The lowest BCUT2D eigenvalue weighted by Gasteiger charge is -2.20. The van der Waals surface area contributed by atoms with E-state index in [1.165, 1.54) is 6.07 Å². The second kappa shape index (κ2) is 8.32. The number of carboxylic acids is 1. The smallest absolute Gasteiger partial charge is 0.419 e. The molecule has 0 bridgehead atoms. The van der Waals surface area contributed by atoms with Gasteiger partial charge in [-0.1, -0.05) is 24.3 Å². The van der Waals surface area contributed by atoms with E-state index in [9.17, 15) is 18.0 Å². The van der Waals surface area contributed by atoms with E-state index in [0.29, 0.717) is 16.9 Å². The van der Waals surface area contributed by atoms with E-state index >= 15 is 0 Å². The van der Waals surface area contributed by atoms with E-state index in [-0.39, 0.29) is 24.9 Å². The van der Waals surface area contributed by atoms with Crippen LogP contribution in [0.25, 0.3) is 0 Å². The molecule has 1 heterocycles. The first-order chi connectivity index (χ1) is 13.6. The van der Waals surface area contributed by atoms with Gasteiger partial charge in [-0.3, -0.25) is 4.79 Å². The summed E-state index contributed by atoms with van der Waals surface area (Å²) in [4.78, 5) is 11.1. The molecule has 1 aliphatic heterocycles.